The molecule has 4 rings (SSSR count). The molecule has 0 atom stereocenters. The molecular formula is C23H16O7S. The van der Waals surface area contributed by atoms with Crippen LogP contribution in [0.1, 0.15) is 36.6 Å². The van der Waals surface area contributed by atoms with Crippen molar-refractivity contribution >= 4 is 27.6 Å². The van der Waals surface area contributed by atoms with Gasteiger partial charge in [-0.25, -0.2) is 18.0 Å². The number of sulfone groups is 1. The van der Waals surface area contributed by atoms with Crippen molar-refractivity contribution in [2.45, 2.75) is 9.79 Å². The molecule has 0 unspecified atom stereocenters. The Labute approximate surface area is 178 Å². The fraction of sp³-hybridized carbons (Fsp3) is 0.0870. The summed E-state index contributed by atoms with van der Waals surface area (Å²) in [4.78, 5) is 36.5. The van der Waals surface area contributed by atoms with E-state index in [9.17, 15) is 22.8 Å². The molecule has 7 nitrogen and oxygen atoms in total. The molecule has 156 valence electrons. The second-order valence-electron chi connectivity index (χ2n) is 6.68. The molecule has 0 fully saturated rings. The lowest BCUT2D eigenvalue weighted by molar-refractivity contribution is 0.0265. The van der Waals surface area contributed by atoms with Crippen LogP contribution in [0.5, 0.6) is 0 Å². The van der Waals surface area contributed by atoms with Gasteiger partial charge in [-0.3, -0.25) is 4.79 Å². The average Bonchev–Trinajstić information content (AvgIpc) is 2.80. The molecule has 0 aliphatic carbocycles. The molecule has 1 heterocycles. The first-order valence-electron chi connectivity index (χ1n) is 9.32. The van der Waals surface area contributed by atoms with E-state index in [1.165, 1.54) is 30.3 Å². The number of carbonyl (C=O) groups is 3. The fourth-order valence-electron chi connectivity index (χ4n) is 3.22. The Kier molecular flexibility index (Phi) is 5.39. The summed E-state index contributed by atoms with van der Waals surface area (Å²) >= 11 is 0. The number of esters is 2. The van der Waals surface area contributed by atoms with Crippen molar-refractivity contribution in [2.75, 3.05) is 13.2 Å². The third kappa shape index (κ3) is 3.85. The van der Waals surface area contributed by atoms with Gasteiger partial charge in [-0.1, -0.05) is 30.3 Å². The normalized spacial score (nSPS) is 13.6. The highest BCUT2D eigenvalue weighted by molar-refractivity contribution is 7.91. The zero-order valence-corrected chi connectivity index (χ0v) is 16.9. The zero-order valence-electron chi connectivity index (χ0n) is 16.1. The summed E-state index contributed by atoms with van der Waals surface area (Å²) in [7, 11) is -3.96. The maximum atomic E-state index is 12.9. The molecule has 0 saturated heterocycles. The molecule has 0 radical (unpaired) electrons. The maximum absolute atomic E-state index is 12.9. The van der Waals surface area contributed by atoms with E-state index in [2.05, 4.69) is 0 Å². The molecule has 0 N–H and O–H groups in total. The van der Waals surface area contributed by atoms with E-state index in [0.717, 1.165) is 6.07 Å². The summed E-state index contributed by atoms with van der Waals surface area (Å²) in [6, 6.07) is 18.1. The van der Waals surface area contributed by atoms with Crippen LogP contribution in [0.3, 0.4) is 0 Å². The second-order valence-corrected chi connectivity index (χ2v) is 8.56. The van der Waals surface area contributed by atoms with Crippen LogP contribution >= 0.6 is 0 Å². The van der Waals surface area contributed by atoms with Crippen LogP contribution in [0.15, 0.2) is 82.6 Å². The van der Waals surface area contributed by atoms with Gasteiger partial charge < -0.3 is 9.47 Å². The van der Waals surface area contributed by atoms with Crippen LogP contribution in [-0.2, 0) is 19.3 Å². The smallest absolute Gasteiger partial charge is 0.338 e. The number of hydrogen-bond donors (Lipinski definition) is 0. The van der Waals surface area contributed by atoms with Crippen molar-refractivity contribution in [3.63, 3.8) is 0 Å². The van der Waals surface area contributed by atoms with Gasteiger partial charge in [0.1, 0.15) is 13.2 Å². The number of carbonyl (C=O) groups excluding carboxylic acids is 3. The SMILES string of the molecule is O=C(OCCOC(=O)c1ccc2c(c1)S(=O)(=O)c1ccccc1C2=O)c1ccccc1. The Morgan fingerprint density at radius 3 is 1.97 bits per heavy atom. The molecule has 0 amide bonds. The van der Waals surface area contributed by atoms with Crippen molar-refractivity contribution in [3.05, 3.63) is 95.1 Å². The highest BCUT2D eigenvalue weighted by Gasteiger charge is 2.35. The maximum Gasteiger partial charge on any atom is 0.338 e. The zero-order chi connectivity index (χ0) is 22.0. The lowest BCUT2D eigenvalue weighted by atomic mass is 10.0. The van der Waals surface area contributed by atoms with Gasteiger partial charge in [0.05, 0.1) is 20.9 Å². The standard InChI is InChI=1S/C23H16O7S/c24-21-17-8-4-5-9-19(17)31(27,28)20-14-16(10-11-18(20)21)23(26)30-13-12-29-22(25)15-6-2-1-3-7-15/h1-11,14H,12-13H2. The Balaban J connectivity index is 1.45. The van der Waals surface area contributed by atoms with Gasteiger partial charge in [0.2, 0.25) is 9.84 Å². The van der Waals surface area contributed by atoms with Crippen molar-refractivity contribution in [3.8, 4) is 0 Å². The van der Waals surface area contributed by atoms with Gasteiger partial charge in [0.15, 0.2) is 5.78 Å². The average molecular weight is 436 g/mol. The number of ketones is 1. The number of fused-ring (bicyclic) bond motifs is 2. The quantitative estimate of drug-likeness (QED) is 0.350. The number of benzene rings is 3. The van der Waals surface area contributed by atoms with Gasteiger partial charge >= 0.3 is 11.9 Å². The van der Waals surface area contributed by atoms with Gasteiger partial charge in [-0.2, -0.15) is 0 Å². The molecule has 31 heavy (non-hydrogen) atoms. The molecular weight excluding hydrogens is 420 g/mol. The summed E-state index contributed by atoms with van der Waals surface area (Å²) < 4.78 is 36.0. The predicted octanol–water partition coefficient (Wildman–Crippen LogP) is 3.08. The van der Waals surface area contributed by atoms with E-state index in [1.54, 1.807) is 36.4 Å². The summed E-state index contributed by atoms with van der Waals surface area (Å²) in [6.45, 7) is -0.364. The van der Waals surface area contributed by atoms with Crippen LogP contribution in [0.2, 0.25) is 0 Å². The lowest BCUT2D eigenvalue weighted by Gasteiger charge is -2.19. The largest absolute Gasteiger partial charge is 0.458 e. The van der Waals surface area contributed by atoms with Crippen LogP contribution < -0.4 is 0 Å². The number of hydrogen-bond acceptors (Lipinski definition) is 7. The molecule has 0 bridgehead atoms. The van der Waals surface area contributed by atoms with Gasteiger partial charge in [0.25, 0.3) is 0 Å². The molecule has 1 aliphatic rings. The minimum atomic E-state index is -3.96. The first kappa shape index (κ1) is 20.5. The van der Waals surface area contributed by atoms with E-state index in [1.807, 2.05) is 0 Å². The molecule has 0 saturated carbocycles. The predicted molar refractivity (Wildman–Crippen MR) is 109 cm³/mol. The highest BCUT2D eigenvalue weighted by Crippen LogP contribution is 2.34. The van der Waals surface area contributed by atoms with Gasteiger partial charge in [-0.15, -0.1) is 0 Å². The first-order valence-corrected chi connectivity index (χ1v) is 10.8. The van der Waals surface area contributed by atoms with Crippen LogP contribution in [0.4, 0.5) is 0 Å². The first-order chi connectivity index (χ1) is 14.9. The van der Waals surface area contributed by atoms with E-state index in [-0.39, 0.29) is 39.7 Å². The fourth-order valence-corrected chi connectivity index (χ4v) is 4.90. The molecule has 1 aliphatic heterocycles. The summed E-state index contributed by atoms with van der Waals surface area (Å²) in [5, 5.41) is 0. The highest BCUT2D eigenvalue weighted by atomic mass is 32.2. The number of rotatable bonds is 5. The number of ether oxygens (including phenoxy) is 2. The monoisotopic (exact) mass is 436 g/mol. The molecule has 0 aromatic heterocycles. The molecule has 8 heteroatoms. The molecule has 3 aromatic carbocycles. The van der Waals surface area contributed by atoms with Crippen LogP contribution in [-0.4, -0.2) is 39.4 Å². The Hall–Kier alpha value is -3.78. The van der Waals surface area contributed by atoms with Crippen molar-refractivity contribution in [1.29, 1.82) is 0 Å². The Morgan fingerprint density at radius 2 is 1.26 bits per heavy atom. The minimum Gasteiger partial charge on any atom is -0.458 e. The van der Waals surface area contributed by atoms with E-state index in [4.69, 9.17) is 9.47 Å². The molecule has 0 spiro atoms. The van der Waals surface area contributed by atoms with E-state index in [0.29, 0.717) is 5.56 Å². The summed E-state index contributed by atoms with van der Waals surface area (Å²) in [5.74, 6) is -1.76. The van der Waals surface area contributed by atoms with Crippen LogP contribution in [0.25, 0.3) is 0 Å². The summed E-state index contributed by atoms with van der Waals surface area (Å²) in [5.41, 5.74) is 0.458. The lowest BCUT2D eigenvalue weighted by Crippen LogP contribution is -2.21. The Bertz CT molecular complexity index is 1290. The van der Waals surface area contributed by atoms with E-state index >= 15 is 0 Å². The van der Waals surface area contributed by atoms with Crippen molar-refractivity contribution in [1.82, 2.24) is 0 Å². The van der Waals surface area contributed by atoms with Crippen molar-refractivity contribution < 1.29 is 32.3 Å². The summed E-state index contributed by atoms with van der Waals surface area (Å²) in [6.07, 6.45) is 0. The van der Waals surface area contributed by atoms with Gasteiger partial charge in [0, 0.05) is 11.1 Å². The minimum absolute atomic E-state index is 0.00652. The Morgan fingerprint density at radius 1 is 0.677 bits per heavy atom. The second kappa shape index (κ2) is 8.16. The van der Waals surface area contributed by atoms with Crippen LogP contribution in [0, 0.1) is 0 Å². The third-order valence-corrected chi connectivity index (χ3v) is 6.58. The topological polar surface area (TPSA) is 104 Å². The molecule has 3 aromatic rings. The van der Waals surface area contributed by atoms with Gasteiger partial charge in [-0.05, 0) is 42.5 Å². The van der Waals surface area contributed by atoms with Crippen molar-refractivity contribution in [2.24, 2.45) is 0 Å². The third-order valence-electron chi connectivity index (χ3n) is 4.73. The van der Waals surface area contributed by atoms with E-state index < -0.39 is 27.6 Å².